The summed E-state index contributed by atoms with van der Waals surface area (Å²) in [6.45, 7) is 3.81. The van der Waals surface area contributed by atoms with E-state index in [2.05, 4.69) is 45.6 Å². The van der Waals surface area contributed by atoms with Gasteiger partial charge in [0.05, 0.1) is 23.8 Å². The molecular weight excluding hydrogens is 372 g/mol. The number of piperidine rings is 1. The lowest BCUT2D eigenvalue weighted by molar-refractivity contribution is 0.0724. The first kappa shape index (κ1) is 18.6. The summed E-state index contributed by atoms with van der Waals surface area (Å²) < 4.78 is 2.07. The normalized spacial score (nSPS) is 14.2. The maximum Gasteiger partial charge on any atom is 0.253 e. The Kier molecular flexibility index (Phi) is 4.79. The van der Waals surface area contributed by atoms with Gasteiger partial charge in [-0.25, -0.2) is 4.98 Å². The van der Waals surface area contributed by atoms with Gasteiger partial charge in [0.25, 0.3) is 5.91 Å². The first-order chi connectivity index (χ1) is 14.7. The summed E-state index contributed by atoms with van der Waals surface area (Å²) in [7, 11) is 0. The van der Waals surface area contributed by atoms with Crippen LogP contribution in [0.25, 0.3) is 28.2 Å². The van der Waals surface area contributed by atoms with Gasteiger partial charge in [-0.05, 0) is 38.3 Å². The molecule has 3 heterocycles. The van der Waals surface area contributed by atoms with Crippen LogP contribution in [0.4, 0.5) is 0 Å². The third-order valence-corrected chi connectivity index (χ3v) is 5.81. The van der Waals surface area contributed by atoms with Crippen molar-refractivity contribution in [1.29, 1.82) is 0 Å². The van der Waals surface area contributed by atoms with Crippen LogP contribution in [0.1, 0.15) is 35.2 Å². The number of hydrogen-bond donors (Lipinski definition) is 0. The SMILES string of the molecule is Cc1ccc(-c2cnc3cnc(-c4ccc(C(=O)N5CCCCC5)cc4)cn23)cc1. The molecule has 0 saturated carbocycles. The van der Waals surface area contributed by atoms with Crippen molar-refractivity contribution in [3.05, 3.63) is 78.2 Å². The van der Waals surface area contributed by atoms with Crippen LogP contribution in [-0.2, 0) is 0 Å². The number of amides is 1. The second-order valence-electron chi connectivity index (χ2n) is 7.94. The molecule has 0 radical (unpaired) electrons. The molecule has 0 atom stereocenters. The molecule has 150 valence electrons. The van der Waals surface area contributed by atoms with Gasteiger partial charge < -0.3 is 4.90 Å². The zero-order valence-electron chi connectivity index (χ0n) is 17.1. The molecule has 0 unspecified atom stereocenters. The molecule has 1 fully saturated rings. The van der Waals surface area contributed by atoms with E-state index in [1.165, 1.54) is 12.0 Å². The monoisotopic (exact) mass is 396 g/mol. The van der Waals surface area contributed by atoms with Crippen LogP contribution >= 0.6 is 0 Å². The molecule has 0 N–H and O–H groups in total. The molecule has 2 aromatic heterocycles. The van der Waals surface area contributed by atoms with Crippen LogP contribution in [0.15, 0.2) is 67.1 Å². The van der Waals surface area contributed by atoms with E-state index in [0.717, 1.165) is 59.7 Å². The van der Waals surface area contributed by atoms with Crippen LogP contribution < -0.4 is 0 Å². The first-order valence-electron chi connectivity index (χ1n) is 10.5. The van der Waals surface area contributed by atoms with Gasteiger partial charge in [0, 0.05) is 36.0 Å². The highest BCUT2D eigenvalue weighted by atomic mass is 16.2. The number of likely N-dealkylation sites (tertiary alicyclic amines) is 1. The highest BCUT2D eigenvalue weighted by Crippen LogP contribution is 2.24. The zero-order valence-corrected chi connectivity index (χ0v) is 17.1. The van der Waals surface area contributed by atoms with Gasteiger partial charge in [-0.2, -0.15) is 0 Å². The van der Waals surface area contributed by atoms with Crippen molar-refractivity contribution in [3.63, 3.8) is 0 Å². The Morgan fingerprint density at radius 3 is 2.27 bits per heavy atom. The minimum absolute atomic E-state index is 0.126. The molecular formula is C25H24N4O. The van der Waals surface area contributed by atoms with E-state index in [9.17, 15) is 4.79 Å². The van der Waals surface area contributed by atoms with Crippen LogP contribution in [0.3, 0.4) is 0 Å². The van der Waals surface area contributed by atoms with Gasteiger partial charge in [-0.1, -0.05) is 42.0 Å². The largest absolute Gasteiger partial charge is 0.339 e. The number of benzene rings is 2. The Bertz CT molecular complexity index is 1190. The zero-order chi connectivity index (χ0) is 20.5. The van der Waals surface area contributed by atoms with Crippen molar-refractivity contribution in [2.24, 2.45) is 0 Å². The summed E-state index contributed by atoms with van der Waals surface area (Å²) >= 11 is 0. The third-order valence-electron chi connectivity index (χ3n) is 5.81. The Balaban J connectivity index is 1.45. The lowest BCUT2D eigenvalue weighted by Gasteiger charge is -2.26. The maximum atomic E-state index is 12.7. The number of aromatic nitrogens is 3. The van der Waals surface area contributed by atoms with E-state index >= 15 is 0 Å². The first-order valence-corrected chi connectivity index (χ1v) is 10.5. The highest BCUT2D eigenvalue weighted by molar-refractivity contribution is 5.94. The van der Waals surface area contributed by atoms with Gasteiger partial charge in [-0.15, -0.1) is 0 Å². The van der Waals surface area contributed by atoms with Gasteiger partial charge in [0.1, 0.15) is 0 Å². The van der Waals surface area contributed by atoms with E-state index < -0.39 is 0 Å². The summed E-state index contributed by atoms with van der Waals surface area (Å²) in [5.41, 5.74) is 6.77. The van der Waals surface area contributed by atoms with E-state index in [-0.39, 0.29) is 5.91 Å². The number of rotatable bonds is 3. The Morgan fingerprint density at radius 2 is 1.53 bits per heavy atom. The highest BCUT2D eigenvalue weighted by Gasteiger charge is 2.18. The van der Waals surface area contributed by atoms with Crippen molar-refractivity contribution in [2.45, 2.75) is 26.2 Å². The predicted molar refractivity (Wildman–Crippen MR) is 118 cm³/mol. The van der Waals surface area contributed by atoms with Crippen molar-refractivity contribution >= 4 is 11.6 Å². The average Bonchev–Trinajstić information content (AvgIpc) is 3.23. The number of imidazole rings is 1. The van der Waals surface area contributed by atoms with Crippen molar-refractivity contribution in [1.82, 2.24) is 19.3 Å². The van der Waals surface area contributed by atoms with E-state index in [1.807, 2.05) is 41.6 Å². The Labute approximate surface area is 176 Å². The molecule has 1 aliphatic rings. The number of hydrogen-bond acceptors (Lipinski definition) is 3. The smallest absolute Gasteiger partial charge is 0.253 e. The molecule has 4 aromatic rings. The lowest BCUT2D eigenvalue weighted by atomic mass is 10.1. The standard InChI is InChI=1S/C25H24N4O/c1-18-5-7-20(8-6-18)23-15-27-24-16-26-22(17-29(23)24)19-9-11-21(12-10-19)25(30)28-13-3-2-4-14-28/h5-12,15-17H,2-4,13-14H2,1H3. The molecule has 2 aromatic carbocycles. The Hall–Kier alpha value is -3.47. The molecule has 1 saturated heterocycles. The van der Waals surface area contributed by atoms with Crippen LogP contribution in [0.5, 0.6) is 0 Å². The number of fused-ring (bicyclic) bond motifs is 1. The fourth-order valence-electron chi connectivity index (χ4n) is 4.04. The van der Waals surface area contributed by atoms with Crippen LogP contribution in [0, 0.1) is 6.92 Å². The average molecular weight is 396 g/mol. The number of nitrogens with zero attached hydrogens (tertiary/aromatic N) is 4. The Morgan fingerprint density at radius 1 is 0.833 bits per heavy atom. The summed E-state index contributed by atoms with van der Waals surface area (Å²) in [5.74, 6) is 0.126. The molecule has 5 rings (SSSR count). The van der Waals surface area contributed by atoms with E-state index in [4.69, 9.17) is 0 Å². The van der Waals surface area contributed by atoms with Crippen LogP contribution in [0.2, 0.25) is 0 Å². The van der Waals surface area contributed by atoms with Crippen LogP contribution in [-0.4, -0.2) is 38.3 Å². The summed E-state index contributed by atoms with van der Waals surface area (Å²) in [6, 6.07) is 16.2. The topological polar surface area (TPSA) is 50.5 Å². The fourth-order valence-corrected chi connectivity index (χ4v) is 4.04. The fraction of sp³-hybridized carbons (Fsp3) is 0.240. The molecule has 5 nitrogen and oxygen atoms in total. The van der Waals surface area contributed by atoms with Crippen molar-refractivity contribution < 1.29 is 4.79 Å². The van der Waals surface area contributed by atoms with E-state index in [1.54, 1.807) is 6.20 Å². The third kappa shape index (κ3) is 3.47. The predicted octanol–water partition coefficient (Wildman–Crippen LogP) is 5.00. The second-order valence-corrected chi connectivity index (χ2v) is 7.94. The van der Waals surface area contributed by atoms with Crippen molar-refractivity contribution in [3.8, 4) is 22.5 Å². The van der Waals surface area contributed by atoms with Gasteiger partial charge in [0.2, 0.25) is 0 Å². The summed E-state index contributed by atoms with van der Waals surface area (Å²) in [5, 5.41) is 0. The molecule has 0 spiro atoms. The van der Waals surface area contributed by atoms with Gasteiger partial charge >= 0.3 is 0 Å². The molecule has 0 bridgehead atoms. The van der Waals surface area contributed by atoms with Gasteiger partial charge in [0.15, 0.2) is 5.65 Å². The lowest BCUT2D eigenvalue weighted by Crippen LogP contribution is -2.35. The second kappa shape index (κ2) is 7.75. The number of aryl methyl sites for hydroxylation is 1. The quantitative estimate of drug-likeness (QED) is 0.490. The number of carbonyl (C=O) groups excluding carboxylic acids is 1. The van der Waals surface area contributed by atoms with Crippen molar-refractivity contribution in [2.75, 3.05) is 13.1 Å². The molecule has 1 amide bonds. The summed E-state index contributed by atoms with van der Waals surface area (Å²) in [6.07, 6.45) is 9.10. The molecule has 0 aliphatic carbocycles. The molecule has 30 heavy (non-hydrogen) atoms. The summed E-state index contributed by atoms with van der Waals surface area (Å²) in [4.78, 5) is 23.7. The minimum Gasteiger partial charge on any atom is -0.339 e. The van der Waals surface area contributed by atoms with Gasteiger partial charge in [-0.3, -0.25) is 14.2 Å². The molecule has 1 aliphatic heterocycles. The number of carbonyl (C=O) groups is 1. The molecule has 5 heteroatoms. The van der Waals surface area contributed by atoms with E-state index in [0.29, 0.717) is 0 Å². The minimum atomic E-state index is 0.126. The maximum absolute atomic E-state index is 12.7.